The summed E-state index contributed by atoms with van der Waals surface area (Å²) in [5.74, 6) is 0.281. The topological polar surface area (TPSA) is 20.2 Å². The molecule has 1 aromatic carbocycles. The van der Waals surface area contributed by atoms with Crippen LogP contribution in [-0.2, 0) is 0 Å². The van der Waals surface area contributed by atoms with E-state index in [4.69, 9.17) is 5.11 Å². The number of rotatable bonds is 1. The van der Waals surface area contributed by atoms with Gasteiger partial charge in [-0.3, -0.25) is 0 Å². The predicted octanol–water partition coefficient (Wildman–Crippen LogP) is 3.48. The summed E-state index contributed by atoms with van der Waals surface area (Å²) in [4.78, 5) is 1.78. The Morgan fingerprint density at radius 1 is 1.27 bits per heavy atom. The van der Waals surface area contributed by atoms with Crippen molar-refractivity contribution in [2.45, 2.75) is 0 Å². The fraction of sp³-hybridized carbons (Fsp3) is 0. The first-order valence-electron chi connectivity index (χ1n) is 2.99. The molecule has 1 rings (SSSR count). The van der Waals surface area contributed by atoms with Crippen molar-refractivity contribution in [2.24, 2.45) is 0 Å². The zero-order chi connectivity index (χ0) is 8.27. The highest BCUT2D eigenvalue weighted by Gasteiger charge is 1.94. The Hall–Kier alpha value is -0.280. The second-order valence-corrected chi connectivity index (χ2v) is 3.32. The third-order valence-corrected chi connectivity index (χ3v) is 3.00. The minimum absolute atomic E-state index is 0.281. The van der Waals surface area contributed by atoms with Crippen molar-refractivity contribution in [1.82, 2.24) is 0 Å². The van der Waals surface area contributed by atoms with Crippen molar-refractivity contribution in [2.75, 3.05) is 0 Å². The molecule has 0 unspecified atom stereocenters. The minimum atomic E-state index is 0.281. The predicted molar refractivity (Wildman–Crippen MR) is 53.9 cm³/mol. The molecule has 0 bridgehead atoms. The van der Waals surface area contributed by atoms with Crippen LogP contribution >= 0.6 is 31.9 Å². The molecular weight excluding hydrogens is 272 g/mol. The maximum Gasteiger partial charge on any atom is 0.115 e. The molecule has 0 aliphatic heterocycles. The van der Waals surface area contributed by atoms with Gasteiger partial charge in [-0.05, 0) is 38.6 Å². The molecule has 0 saturated heterocycles. The van der Waals surface area contributed by atoms with Crippen LogP contribution in [0.15, 0.2) is 29.3 Å². The summed E-state index contributed by atoms with van der Waals surface area (Å²) in [5, 5.41) is 8.96. The first-order chi connectivity index (χ1) is 5.24. The standard InChI is InChI=1S/C8H6Br2O/c9-5-8(10)6-1-3-7(11)4-2-6/h1-5,11H. The zero-order valence-electron chi connectivity index (χ0n) is 5.59. The lowest BCUT2D eigenvalue weighted by atomic mass is 10.2. The van der Waals surface area contributed by atoms with Gasteiger partial charge in [0, 0.05) is 4.48 Å². The summed E-state index contributed by atoms with van der Waals surface area (Å²) in [6.45, 7) is 0. The fourth-order valence-electron chi connectivity index (χ4n) is 0.684. The van der Waals surface area contributed by atoms with Gasteiger partial charge in [-0.2, -0.15) is 0 Å². The lowest BCUT2D eigenvalue weighted by Gasteiger charge is -1.97. The smallest absolute Gasteiger partial charge is 0.115 e. The molecule has 0 atom stereocenters. The van der Waals surface area contributed by atoms with Crippen molar-refractivity contribution in [3.05, 3.63) is 34.8 Å². The van der Waals surface area contributed by atoms with Crippen LogP contribution < -0.4 is 0 Å². The number of hydrogen-bond donors (Lipinski definition) is 1. The van der Waals surface area contributed by atoms with E-state index in [9.17, 15) is 0 Å². The summed E-state index contributed by atoms with van der Waals surface area (Å²) in [5.41, 5.74) is 1.03. The van der Waals surface area contributed by atoms with E-state index in [-0.39, 0.29) is 5.75 Å². The van der Waals surface area contributed by atoms with Crippen LogP contribution in [0, 0.1) is 0 Å². The highest BCUT2D eigenvalue weighted by atomic mass is 79.9. The molecule has 0 aliphatic rings. The van der Waals surface area contributed by atoms with Crippen LogP contribution in [0.2, 0.25) is 0 Å². The summed E-state index contributed by atoms with van der Waals surface area (Å²) >= 11 is 6.54. The van der Waals surface area contributed by atoms with Gasteiger partial charge in [-0.1, -0.05) is 28.1 Å². The molecule has 0 aliphatic carbocycles. The molecule has 0 heterocycles. The van der Waals surface area contributed by atoms with Gasteiger partial charge in [0.25, 0.3) is 0 Å². The number of hydrogen-bond acceptors (Lipinski definition) is 1. The first kappa shape index (κ1) is 8.81. The van der Waals surface area contributed by atoms with Gasteiger partial charge in [0.05, 0.1) is 0 Å². The van der Waals surface area contributed by atoms with E-state index in [1.807, 2.05) is 12.1 Å². The third-order valence-electron chi connectivity index (χ3n) is 1.24. The van der Waals surface area contributed by atoms with Crippen LogP contribution in [0.1, 0.15) is 5.56 Å². The van der Waals surface area contributed by atoms with Crippen LogP contribution in [0.4, 0.5) is 0 Å². The highest BCUT2D eigenvalue weighted by molar-refractivity contribution is 9.16. The summed E-state index contributed by atoms with van der Waals surface area (Å²) < 4.78 is 0.956. The van der Waals surface area contributed by atoms with E-state index in [1.165, 1.54) is 0 Å². The maximum absolute atomic E-state index is 8.96. The Bertz CT molecular complexity index is 264. The second kappa shape index (κ2) is 3.93. The normalized spacial score (nSPS) is 11.6. The molecule has 0 amide bonds. The third kappa shape index (κ3) is 2.34. The summed E-state index contributed by atoms with van der Waals surface area (Å²) in [6, 6.07) is 6.95. The van der Waals surface area contributed by atoms with Gasteiger partial charge in [-0.25, -0.2) is 0 Å². The van der Waals surface area contributed by atoms with E-state index in [2.05, 4.69) is 31.9 Å². The van der Waals surface area contributed by atoms with Gasteiger partial charge in [0.2, 0.25) is 0 Å². The Labute approximate surface area is 82.0 Å². The lowest BCUT2D eigenvalue weighted by molar-refractivity contribution is 0.475. The fourth-order valence-corrected chi connectivity index (χ4v) is 1.21. The van der Waals surface area contributed by atoms with E-state index in [0.717, 1.165) is 10.0 Å². The largest absolute Gasteiger partial charge is 0.508 e. The average molecular weight is 278 g/mol. The van der Waals surface area contributed by atoms with Crippen LogP contribution in [0.25, 0.3) is 4.48 Å². The first-order valence-corrected chi connectivity index (χ1v) is 4.70. The van der Waals surface area contributed by atoms with Gasteiger partial charge >= 0.3 is 0 Å². The van der Waals surface area contributed by atoms with Gasteiger partial charge in [0.15, 0.2) is 0 Å². The van der Waals surface area contributed by atoms with Crippen molar-refractivity contribution in [3.63, 3.8) is 0 Å². The number of aromatic hydroxyl groups is 1. The van der Waals surface area contributed by atoms with Crippen molar-refractivity contribution >= 4 is 36.3 Å². The number of halogens is 2. The molecule has 11 heavy (non-hydrogen) atoms. The van der Waals surface area contributed by atoms with Crippen molar-refractivity contribution in [3.8, 4) is 5.75 Å². The van der Waals surface area contributed by atoms with E-state index in [1.54, 1.807) is 17.1 Å². The Morgan fingerprint density at radius 3 is 2.27 bits per heavy atom. The van der Waals surface area contributed by atoms with Crippen molar-refractivity contribution in [1.29, 1.82) is 0 Å². The molecule has 0 saturated carbocycles. The van der Waals surface area contributed by atoms with E-state index < -0.39 is 0 Å². The summed E-state index contributed by atoms with van der Waals surface area (Å²) in [6.07, 6.45) is 0. The van der Waals surface area contributed by atoms with Crippen LogP contribution in [-0.4, -0.2) is 5.11 Å². The summed E-state index contributed by atoms with van der Waals surface area (Å²) in [7, 11) is 0. The molecular formula is C8H6Br2O. The monoisotopic (exact) mass is 276 g/mol. The number of benzene rings is 1. The molecule has 0 spiro atoms. The molecule has 1 nitrogen and oxygen atoms in total. The molecule has 3 heteroatoms. The minimum Gasteiger partial charge on any atom is -0.508 e. The Balaban J connectivity index is 2.99. The van der Waals surface area contributed by atoms with Crippen LogP contribution in [0.5, 0.6) is 5.75 Å². The molecule has 0 radical (unpaired) electrons. The second-order valence-electron chi connectivity index (χ2n) is 2.00. The Kier molecular flexibility index (Phi) is 3.15. The number of phenolic OH excluding ortho intramolecular Hbond substituents is 1. The van der Waals surface area contributed by atoms with E-state index in [0.29, 0.717) is 0 Å². The average Bonchev–Trinajstić information content (AvgIpc) is 2.05. The maximum atomic E-state index is 8.96. The molecule has 0 aromatic heterocycles. The van der Waals surface area contributed by atoms with Gasteiger partial charge in [-0.15, -0.1) is 0 Å². The SMILES string of the molecule is Oc1ccc(C(Br)=CBr)cc1. The molecule has 1 N–H and O–H groups in total. The number of phenols is 1. The van der Waals surface area contributed by atoms with Gasteiger partial charge < -0.3 is 5.11 Å². The lowest BCUT2D eigenvalue weighted by Crippen LogP contribution is -1.73. The van der Waals surface area contributed by atoms with Crippen molar-refractivity contribution < 1.29 is 5.11 Å². The van der Waals surface area contributed by atoms with Gasteiger partial charge in [0.1, 0.15) is 5.75 Å². The zero-order valence-corrected chi connectivity index (χ0v) is 8.76. The quantitative estimate of drug-likeness (QED) is 0.833. The Morgan fingerprint density at radius 2 is 1.82 bits per heavy atom. The van der Waals surface area contributed by atoms with Crippen LogP contribution in [0.3, 0.4) is 0 Å². The van der Waals surface area contributed by atoms with E-state index >= 15 is 0 Å². The molecule has 58 valence electrons. The molecule has 1 aromatic rings. The molecule has 0 fully saturated rings. The highest BCUT2D eigenvalue weighted by Crippen LogP contribution is 2.23.